The van der Waals surface area contributed by atoms with Crippen molar-refractivity contribution in [3.63, 3.8) is 0 Å². The summed E-state index contributed by atoms with van der Waals surface area (Å²) in [5, 5.41) is 3.57. The minimum atomic E-state index is 0.459. The normalized spacial score (nSPS) is 23.1. The van der Waals surface area contributed by atoms with Gasteiger partial charge in [-0.2, -0.15) is 0 Å². The first-order valence-corrected chi connectivity index (χ1v) is 4.98. The van der Waals surface area contributed by atoms with Gasteiger partial charge in [-0.3, -0.25) is 0 Å². The van der Waals surface area contributed by atoms with Crippen LogP contribution in [0.4, 0.5) is 0 Å². The third kappa shape index (κ3) is 3.19. The zero-order valence-corrected chi connectivity index (χ0v) is 8.59. The molecule has 0 bridgehead atoms. The summed E-state index contributed by atoms with van der Waals surface area (Å²) in [6.45, 7) is 8.26. The van der Waals surface area contributed by atoms with E-state index < -0.39 is 0 Å². The molecule has 0 saturated heterocycles. The lowest BCUT2D eigenvalue weighted by Gasteiger charge is -2.23. The second-order valence-electron chi connectivity index (χ2n) is 3.63. The van der Waals surface area contributed by atoms with Crippen LogP contribution in [0.2, 0.25) is 0 Å². The molecular weight excluding hydrogens is 158 g/mol. The second kappa shape index (κ2) is 5.03. The quantitative estimate of drug-likeness (QED) is 0.651. The van der Waals surface area contributed by atoms with Crippen molar-refractivity contribution in [2.24, 2.45) is 0 Å². The summed E-state index contributed by atoms with van der Waals surface area (Å²) in [6, 6.07) is 0.952. The predicted octanol–water partition coefficient (Wildman–Crippen LogP) is 2.82. The van der Waals surface area contributed by atoms with E-state index in [4.69, 9.17) is 0 Å². The summed E-state index contributed by atoms with van der Waals surface area (Å²) in [7, 11) is 0. The van der Waals surface area contributed by atoms with Gasteiger partial charge < -0.3 is 5.32 Å². The fourth-order valence-corrected chi connectivity index (χ4v) is 1.57. The number of rotatable bonds is 4. The van der Waals surface area contributed by atoms with Crippen LogP contribution in [0.15, 0.2) is 36.5 Å². The van der Waals surface area contributed by atoms with E-state index in [1.807, 2.05) is 0 Å². The summed E-state index contributed by atoms with van der Waals surface area (Å²) in [4.78, 5) is 0. The molecule has 13 heavy (non-hydrogen) atoms. The molecule has 2 atom stereocenters. The van der Waals surface area contributed by atoms with Crippen molar-refractivity contribution in [3.8, 4) is 0 Å². The Hall–Kier alpha value is -0.820. The predicted molar refractivity (Wildman–Crippen MR) is 58.7 cm³/mol. The number of hydrogen-bond acceptors (Lipinski definition) is 1. The SMILES string of the molecule is C=C(C)C(CC)NC1C=CC=CC1. The maximum atomic E-state index is 3.99. The van der Waals surface area contributed by atoms with E-state index in [9.17, 15) is 0 Å². The van der Waals surface area contributed by atoms with Gasteiger partial charge in [0.25, 0.3) is 0 Å². The fraction of sp³-hybridized carbons (Fsp3) is 0.500. The Labute approximate surface area is 81.2 Å². The van der Waals surface area contributed by atoms with Gasteiger partial charge in [-0.05, 0) is 19.8 Å². The monoisotopic (exact) mass is 177 g/mol. The van der Waals surface area contributed by atoms with Crippen LogP contribution in [-0.2, 0) is 0 Å². The van der Waals surface area contributed by atoms with E-state index >= 15 is 0 Å². The molecule has 0 radical (unpaired) electrons. The molecule has 0 aromatic heterocycles. The maximum absolute atomic E-state index is 3.99. The van der Waals surface area contributed by atoms with Crippen molar-refractivity contribution in [1.82, 2.24) is 5.32 Å². The molecule has 1 nitrogen and oxygen atoms in total. The van der Waals surface area contributed by atoms with Crippen LogP contribution in [0.1, 0.15) is 26.7 Å². The lowest BCUT2D eigenvalue weighted by atomic mass is 10.0. The van der Waals surface area contributed by atoms with Crippen molar-refractivity contribution < 1.29 is 0 Å². The van der Waals surface area contributed by atoms with E-state index in [-0.39, 0.29) is 0 Å². The van der Waals surface area contributed by atoms with Crippen LogP contribution in [0.5, 0.6) is 0 Å². The highest BCUT2D eigenvalue weighted by Gasteiger charge is 2.11. The fourth-order valence-electron chi connectivity index (χ4n) is 1.57. The van der Waals surface area contributed by atoms with Crippen LogP contribution in [0.3, 0.4) is 0 Å². The molecule has 0 saturated carbocycles. The summed E-state index contributed by atoms with van der Waals surface area (Å²) >= 11 is 0. The first kappa shape index (κ1) is 10.3. The van der Waals surface area contributed by atoms with Crippen molar-refractivity contribution >= 4 is 0 Å². The molecule has 2 unspecified atom stereocenters. The summed E-state index contributed by atoms with van der Waals surface area (Å²) < 4.78 is 0. The molecule has 0 fully saturated rings. The van der Waals surface area contributed by atoms with E-state index in [1.54, 1.807) is 0 Å². The molecule has 0 amide bonds. The van der Waals surface area contributed by atoms with Crippen LogP contribution in [0, 0.1) is 0 Å². The van der Waals surface area contributed by atoms with E-state index in [2.05, 4.69) is 50.0 Å². The van der Waals surface area contributed by atoms with E-state index in [0.717, 1.165) is 12.8 Å². The topological polar surface area (TPSA) is 12.0 Å². The van der Waals surface area contributed by atoms with E-state index in [0.29, 0.717) is 12.1 Å². The molecule has 1 N–H and O–H groups in total. The Kier molecular flexibility index (Phi) is 3.97. The lowest BCUT2D eigenvalue weighted by molar-refractivity contribution is 0.502. The highest BCUT2D eigenvalue weighted by Crippen LogP contribution is 2.09. The van der Waals surface area contributed by atoms with E-state index in [1.165, 1.54) is 5.57 Å². The minimum Gasteiger partial charge on any atom is -0.304 e. The van der Waals surface area contributed by atoms with Crippen molar-refractivity contribution in [3.05, 3.63) is 36.5 Å². The Morgan fingerprint density at radius 1 is 1.62 bits per heavy atom. The molecule has 1 heteroatoms. The van der Waals surface area contributed by atoms with Gasteiger partial charge >= 0.3 is 0 Å². The molecule has 1 aliphatic carbocycles. The van der Waals surface area contributed by atoms with Crippen LogP contribution >= 0.6 is 0 Å². The second-order valence-corrected chi connectivity index (χ2v) is 3.63. The van der Waals surface area contributed by atoms with Crippen LogP contribution in [-0.4, -0.2) is 12.1 Å². The number of allylic oxidation sites excluding steroid dienone is 2. The van der Waals surface area contributed by atoms with Crippen LogP contribution < -0.4 is 5.32 Å². The van der Waals surface area contributed by atoms with Gasteiger partial charge in [0.05, 0.1) is 0 Å². The van der Waals surface area contributed by atoms with Gasteiger partial charge in [0.1, 0.15) is 0 Å². The molecule has 0 aliphatic heterocycles. The Balaban J connectivity index is 2.42. The first-order chi connectivity index (χ1) is 6.24. The average Bonchev–Trinajstić information content (AvgIpc) is 2.15. The van der Waals surface area contributed by atoms with Gasteiger partial charge in [-0.1, -0.05) is 43.4 Å². The molecule has 0 aromatic rings. The Morgan fingerprint density at radius 2 is 2.38 bits per heavy atom. The zero-order valence-electron chi connectivity index (χ0n) is 8.59. The summed E-state index contributed by atoms with van der Waals surface area (Å²) in [6.07, 6.45) is 10.8. The average molecular weight is 177 g/mol. The number of nitrogens with one attached hydrogen (secondary N) is 1. The minimum absolute atomic E-state index is 0.459. The van der Waals surface area contributed by atoms with Gasteiger partial charge in [0, 0.05) is 12.1 Å². The molecule has 1 rings (SSSR count). The van der Waals surface area contributed by atoms with Crippen molar-refractivity contribution in [2.75, 3.05) is 0 Å². The highest BCUT2D eigenvalue weighted by atomic mass is 14.9. The molecule has 0 aromatic carbocycles. The first-order valence-electron chi connectivity index (χ1n) is 4.98. The highest BCUT2D eigenvalue weighted by molar-refractivity contribution is 5.15. The standard InChI is InChI=1S/C12H19N/c1-4-12(10(2)3)13-11-8-6-5-7-9-11/h5-8,11-13H,2,4,9H2,1,3H3. The van der Waals surface area contributed by atoms with Gasteiger partial charge in [-0.25, -0.2) is 0 Å². The third-order valence-electron chi connectivity index (χ3n) is 2.40. The Morgan fingerprint density at radius 3 is 2.85 bits per heavy atom. The number of hydrogen-bond donors (Lipinski definition) is 1. The third-order valence-corrected chi connectivity index (χ3v) is 2.40. The van der Waals surface area contributed by atoms with Crippen molar-refractivity contribution in [1.29, 1.82) is 0 Å². The van der Waals surface area contributed by atoms with Crippen LogP contribution in [0.25, 0.3) is 0 Å². The molecule has 0 heterocycles. The smallest absolute Gasteiger partial charge is 0.0293 e. The maximum Gasteiger partial charge on any atom is 0.0293 e. The molecular formula is C12H19N. The van der Waals surface area contributed by atoms with Crippen molar-refractivity contribution in [2.45, 2.75) is 38.8 Å². The van der Waals surface area contributed by atoms with Gasteiger partial charge in [0.15, 0.2) is 0 Å². The molecule has 72 valence electrons. The molecule has 0 spiro atoms. The largest absolute Gasteiger partial charge is 0.304 e. The summed E-state index contributed by atoms with van der Waals surface area (Å²) in [5.74, 6) is 0. The zero-order chi connectivity index (χ0) is 9.68. The van der Waals surface area contributed by atoms with Gasteiger partial charge in [-0.15, -0.1) is 0 Å². The van der Waals surface area contributed by atoms with Gasteiger partial charge in [0.2, 0.25) is 0 Å². The summed E-state index contributed by atoms with van der Waals surface area (Å²) in [5.41, 5.74) is 1.23. The Bertz CT molecular complexity index is 225. The lowest BCUT2D eigenvalue weighted by Crippen LogP contribution is -2.37. The molecule has 1 aliphatic rings.